The number of thioether (sulfide) groups is 1. The maximum absolute atomic E-state index is 3.49. The molecule has 1 nitrogen and oxygen atoms in total. The van der Waals surface area contributed by atoms with Gasteiger partial charge in [0.15, 0.2) is 0 Å². The summed E-state index contributed by atoms with van der Waals surface area (Å²) in [6.07, 6.45) is 4.70. The van der Waals surface area contributed by atoms with Crippen molar-refractivity contribution in [1.29, 1.82) is 0 Å². The van der Waals surface area contributed by atoms with Crippen molar-refractivity contribution < 1.29 is 0 Å². The summed E-state index contributed by atoms with van der Waals surface area (Å²) in [4.78, 5) is 0. The van der Waals surface area contributed by atoms with Crippen molar-refractivity contribution in [3.8, 4) is 0 Å². The molecular formula is C15H19NS. The first-order valence-electron chi connectivity index (χ1n) is 6.12. The molecule has 0 heterocycles. The van der Waals surface area contributed by atoms with Gasteiger partial charge < -0.3 is 5.32 Å². The molecule has 2 aromatic carbocycles. The number of unbranched alkanes of at least 4 members (excludes halogenated alkanes) is 1. The van der Waals surface area contributed by atoms with E-state index in [2.05, 4.69) is 54.0 Å². The highest BCUT2D eigenvalue weighted by atomic mass is 32.2. The van der Waals surface area contributed by atoms with Crippen LogP contribution in [0.5, 0.6) is 0 Å². The third-order valence-corrected chi connectivity index (χ3v) is 3.55. The second-order valence-corrected chi connectivity index (χ2v) is 5.17. The molecule has 1 N–H and O–H groups in total. The fourth-order valence-electron chi connectivity index (χ4n) is 1.90. The van der Waals surface area contributed by atoms with Gasteiger partial charge in [0.1, 0.15) is 0 Å². The van der Waals surface area contributed by atoms with Crippen LogP contribution >= 0.6 is 11.8 Å². The average Bonchev–Trinajstić information content (AvgIpc) is 2.38. The van der Waals surface area contributed by atoms with Gasteiger partial charge >= 0.3 is 0 Å². The predicted molar refractivity (Wildman–Crippen MR) is 80.1 cm³/mol. The smallest absolute Gasteiger partial charge is 0.0346 e. The van der Waals surface area contributed by atoms with Crippen molar-refractivity contribution in [3.05, 3.63) is 42.5 Å². The van der Waals surface area contributed by atoms with Crippen LogP contribution in [-0.2, 0) is 0 Å². The standard InChI is InChI=1S/C15H19NS/c1-17-11-5-4-10-16-15-9-8-13-6-2-3-7-14(13)12-15/h2-3,6-9,12,16H,4-5,10-11H2,1H3. The SMILES string of the molecule is CSCCCCNc1ccc2ccccc2c1. The van der Waals surface area contributed by atoms with E-state index in [1.165, 1.54) is 35.1 Å². The molecule has 0 amide bonds. The van der Waals surface area contributed by atoms with Gasteiger partial charge in [-0.25, -0.2) is 0 Å². The van der Waals surface area contributed by atoms with Crippen LogP contribution in [0.4, 0.5) is 5.69 Å². The van der Waals surface area contributed by atoms with Gasteiger partial charge in [-0.3, -0.25) is 0 Å². The lowest BCUT2D eigenvalue weighted by Gasteiger charge is -2.07. The summed E-state index contributed by atoms with van der Waals surface area (Å²) in [5.74, 6) is 1.26. The number of anilines is 1. The van der Waals surface area contributed by atoms with Crippen LogP contribution in [0.2, 0.25) is 0 Å². The molecule has 2 aromatic rings. The van der Waals surface area contributed by atoms with E-state index in [9.17, 15) is 0 Å². The zero-order chi connectivity index (χ0) is 11.9. The quantitative estimate of drug-likeness (QED) is 0.757. The minimum Gasteiger partial charge on any atom is -0.385 e. The van der Waals surface area contributed by atoms with E-state index >= 15 is 0 Å². The summed E-state index contributed by atoms with van der Waals surface area (Å²) in [7, 11) is 0. The van der Waals surface area contributed by atoms with Gasteiger partial charge in [-0.2, -0.15) is 11.8 Å². The molecule has 0 fully saturated rings. The van der Waals surface area contributed by atoms with E-state index in [1.54, 1.807) is 0 Å². The van der Waals surface area contributed by atoms with E-state index in [0.717, 1.165) is 6.54 Å². The zero-order valence-electron chi connectivity index (χ0n) is 10.3. The number of hydrogen-bond donors (Lipinski definition) is 1. The zero-order valence-corrected chi connectivity index (χ0v) is 11.1. The Labute approximate surface area is 108 Å². The highest BCUT2D eigenvalue weighted by Crippen LogP contribution is 2.18. The van der Waals surface area contributed by atoms with Crippen LogP contribution in [0.1, 0.15) is 12.8 Å². The molecule has 17 heavy (non-hydrogen) atoms. The van der Waals surface area contributed by atoms with Crippen molar-refractivity contribution in [3.63, 3.8) is 0 Å². The maximum Gasteiger partial charge on any atom is 0.0346 e. The number of fused-ring (bicyclic) bond motifs is 1. The molecule has 2 heteroatoms. The van der Waals surface area contributed by atoms with Gasteiger partial charge in [0.25, 0.3) is 0 Å². The average molecular weight is 245 g/mol. The van der Waals surface area contributed by atoms with E-state index in [-0.39, 0.29) is 0 Å². The number of benzene rings is 2. The Hall–Kier alpha value is -1.15. The number of nitrogens with one attached hydrogen (secondary N) is 1. The fraction of sp³-hybridized carbons (Fsp3) is 0.333. The lowest BCUT2D eigenvalue weighted by Crippen LogP contribution is -2.01. The largest absolute Gasteiger partial charge is 0.385 e. The molecule has 2 rings (SSSR count). The molecule has 0 aromatic heterocycles. The first-order valence-corrected chi connectivity index (χ1v) is 7.51. The van der Waals surface area contributed by atoms with Crippen LogP contribution in [0.25, 0.3) is 10.8 Å². The van der Waals surface area contributed by atoms with Gasteiger partial charge in [-0.1, -0.05) is 30.3 Å². The molecule has 0 unspecified atom stereocenters. The Kier molecular flexibility index (Phi) is 4.75. The van der Waals surface area contributed by atoms with Crippen molar-refractivity contribution >= 4 is 28.2 Å². The van der Waals surface area contributed by atoms with Crippen molar-refractivity contribution in [1.82, 2.24) is 0 Å². The molecule has 0 aliphatic heterocycles. The highest BCUT2D eigenvalue weighted by molar-refractivity contribution is 7.98. The fourth-order valence-corrected chi connectivity index (χ4v) is 2.40. The van der Waals surface area contributed by atoms with Crippen molar-refractivity contribution in [2.75, 3.05) is 23.9 Å². The van der Waals surface area contributed by atoms with E-state index < -0.39 is 0 Å². The van der Waals surface area contributed by atoms with Gasteiger partial charge in [-0.05, 0) is 47.8 Å². The van der Waals surface area contributed by atoms with Gasteiger partial charge in [-0.15, -0.1) is 0 Å². The molecule has 90 valence electrons. The summed E-state index contributed by atoms with van der Waals surface area (Å²) in [6, 6.07) is 15.1. The first-order chi connectivity index (χ1) is 8.40. The van der Waals surface area contributed by atoms with Crippen molar-refractivity contribution in [2.45, 2.75) is 12.8 Å². The highest BCUT2D eigenvalue weighted by Gasteiger charge is 1.95. The molecule has 0 saturated heterocycles. The maximum atomic E-state index is 3.49. The van der Waals surface area contributed by atoms with Gasteiger partial charge in [0, 0.05) is 12.2 Å². The normalized spacial score (nSPS) is 10.6. The van der Waals surface area contributed by atoms with Crippen LogP contribution in [-0.4, -0.2) is 18.6 Å². The van der Waals surface area contributed by atoms with E-state index in [0.29, 0.717) is 0 Å². The Balaban J connectivity index is 1.90. The second kappa shape index (κ2) is 6.55. The van der Waals surface area contributed by atoms with E-state index in [1.807, 2.05) is 11.8 Å². The summed E-state index contributed by atoms with van der Waals surface area (Å²) >= 11 is 1.92. The molecule has 0 radical (unpaired) electrons. The third-order valence-electron chi connectivity index (χ3n) is 2.85. The third kappa shape index (κ3) is 3.67. The minimum atomic E-state index is 1.07. The molecule has 0 aliphatic rings. The minimum absolute atomic E-state index is 1.07. The summed E-state index contributed by atoms with van der Waals surface area (Å²) < 4.78 is 0. The topological polar surface area (TPSA) is 12.0 Å². The Morgan fingerprint density at radius 2 is 1.82 bits per heavy atom. The van der Waals surface area contributed by atoms with E-state index in [4.69, 9.17) is 0 Å². The summed E-state index contributed by atoms with van der Waals surface area (Å²) in [6.45, 7) is 1.07. The lowest BCUT2D eigenvalue weighted by molar-refractivity contribution is 0.843. The Bertz CT molecular complexity index is 467. The Morgan fingerprint density at radius 1 is 1.00 bits per heavy atom. The molecule has 0 bridgehead atoms. The number of hydrogen-bond acceptors (Lipinski definition) is 2. The number of rotatable bonds is 6. The van der Waals surface area contributed by atoms with Crippen molar-refractivity contribution in [2.24, 2.45) is 0 Å². The van der Waals surface area contributed by atoms with Crippen LogP contribution in [0.3, 0.4) is 0 Å². The molecule has 0 aliphatic carbocycles. The molecular weight excluding hydrogens is 226 g/mol. The van der Waals surface area contributed by atoms with Gasteiger partial charge in [0.05, 0.1) is 0 Å². The second-order valence-electron chi connectivity index (χ2n) is 4.19. The molecule has 0 spiro atoms. The first kappa shape index (κ1) is 12.3. The monoisotopic (exact) mass is 245 g/mol. The van der Waals surface area contributed by atoms with Gasteiger partial charge in [0.2, 0.25) is 0 Å². The summed E-state index contributed by atoms with van der Waals surface area (Å²) in [5.41, 5.74) is 1.23. The molecule has 0 saturated carbocycles. The molecule has 0 atom stereocenters. The lowest BCUT2D eigenvalue weighted by atomic mass is 10.1. The van der Waals surface area contributed by atoms with Crippen LogP contribution < -0.4 is 5.32 Å². The van der Waals surface area contributed by atoms with Crippen LogP contribution in [0.15, 0.2) is 42.5 Å². The summed E-state index contributed by atoms with van der Waals surface area (Å²) in [5, 5.41) is 6.10. The Morgan fingerprint density at radius 3 is 2.65 bits per heavy atom. The predicted octanol–water partition coefficient (Wildman–Crippen LogP) is 4.39. The van der Waals surface area contributed by atoms with Crippen LogP contribution in [0, 0.1) is 0 Å².